The van der Waals surface area contributed by atoms with Crippen LogP contribution in [0.3, 0.4) is 0 Å². The Morgan fingerprint density at radius 1 is 1.28 bits per heavy atom. The Morgan fingerprint density at radius 3 is 2.33 bits per heavy atom. The van der Waals surface area contributed by atoms with Gasteiger partial charge < -0.3 is 5.73 Å². The third-order valence-electron chi connectivity index (χ3n) is 3.14. The van der Waals surface area contributed by atoms with Gasteiger partial charge in [-0.05, 0) is 5.56 Å². The third-order valence-corrected chi connectivity index (χ3v) is 4.60. The fraction of sp³-hybridized carbons (Fsp3) is 0.500. The van der Waals surface area contributed by atoms with E-state index in [2.05, 4.69) is 42.6 Å². The van der Waals surface area contributed by atoms with Crippen molar-refractivity contribution in [1.82, 2.24) is 4.90 Å². The van der Waals surface area contributed by atoms with E-state index in [1.807, 2.05) is 12.1 Å². The van der Waals surface area contributed by atoms with E-state index in [1.54, 1.807) is 0 Å². The van der Waals surface area contributed by atoms with Gasteiger partial charge in [-0.3, -0.25) is 4.90 Å². The molecule has 2 rings (SSSR count). The molecule has 1 fully saturated rings. The summed E-state index contributed by atoms with van der Waals surface area (Å²) in [4.78, 5) is 3.00. The highest BCUT2D eigenvalue weighted by atomic mass is 32.2. The molecule has 2 nitrogen and oxygen atoms in total. The number of nitrogens with zero attached hydrogens (tertiary/aromatic N) is 1. The van der Waals surface area contributed by atoms with Crippen LogP contribution in [0.1, 0.15) is 25.0 Å². The lowest BCUT2D eigenvalue weighted by molar-refractivity contribution is 0.263. The number of benzene rings is 1. The van der Waals surface area contributed by atoms with Gasteiger partial charge in [0.05, 0.1) is 0 Å². The molecule has 98 valence electrons. The van der Waals surface area contributed by atoms with Crippen LogP contribution in [0.4, 0.5) is 0 Å². The van der Waals surface area contributed by atoms with E-state index in [-0.39, 0.29) is 0 Å². The standard InChI is InChI=1S/C14H20N2S2/c1-10-7-16(8-11(2)18-10)9-12-3-5-13(6-4-12)14(15)17/h3-6,10-11H,7-9H2,1-2H3,(H2,15,17). The summed E-state index contributed by atoms with van der Waals surface area (Å²) in [5.41, 5.74) is 7.89. The van der Waals surface area contributed by atoms with Crippen LogP contribution in [0.5, 0.6) is 0 Å². The molecule has 2 atom stereocenters. The molecule has 2 unspecified atom stereocenters. The fourth-order valence-corrected chi connectivity index (χ4v) is 3.97. The Morgan fingerprint density at radius 2 is 1.83 bits per heavy atom. The van der Waals surface area contributed by atoms with E-state index in [0.717, 1.165) is 22.6 Å². The van der Waals surface area contributed by atoms with Crippen molar-refractivity contribution in [1.29, 1.82) is 0 Å². The van der Waals surface area contributed by atoms with Gasteiger partial charge in [0.1, 0.15) is 4.99 Å². The molecule has 2 N–H and O–H groups in total. The van der Waals surface area contributed by atoms with Crippen LogP contribution in [0.15, 0.2) is 24.3 Å². The van der Waals surface area contributed by atoms with Gasteiger partial charge >= 0.3 is 0 Å². The van der Waals surface area contributed by atoms with Gasteiger partial charge in [0.15, 0.2) is 0 Å². The minimum atomic E-state index is 0.471. The van der Waals surface area contributed by atoms with Gasteiger partial charge in [0.25, 0.3) is 0 Å². The molecule has 1 heterocycles. The third kappa shape index (κ3) is 3.70. The number of thioether (sulfide) groups is 1. The lowest BCUT2D eigenvalue weighted by Crippen LogP contribution is -2.39. The van der Waals surface area contributed by atoms with Crippen LogP contribution in [0, 0.1) is 0 Å². The average molecular weight is 280 g/mol. The van der Waals surface area contributed by atoms with Crippen LogP contribution in [-0.2, 0) is 6.54 Å². The summed E-state index contributed by atoms with van der Waals surface area (Å²) in [6.07, 6.45) is 0. The van der Waals surface area contributed by atoms with Gasteiger partial charge in [-0.25, -0.2) is 0 Å². The zero-order valence-corrected chi connectivity index (χ0v) is 12.6. The predicted octanol–water partition coefficient (Wildman–Crippen LogP) is 2.65. The summed E-state index contributed by atoms with van der Waals surface area (Å²) in [7, 11) is 0. The maximum absolute atomic E-state index is 5.60. The smallest absolute Gasteiger partial charge is 0.103 e. The molecule has 0 radical (unpaired) electrons. The van der Waals surface area contributed by atoms with Crippen molar-refractivity contribution in [3.05, 3.63) is 35.4 Å². The molecule has 0 saturated carbocycles. The fourth-order valence-electron chi connectivity index (χ4n) is 2.45. The van der Waals surface area contributed by atoms with E-state index >= 15 is 0 Å². The normalized spacial score (nSPS) is 25.0. The Kier molecular flexibility index (Phi) is 4.65. The van der Waals surface area contributed by atoms with E-state index in [9.17, 15) is 0 Å². The van der Waals surface area contributed by atoms with Gasteiger partial charge in [-0.2, -0.15) is 11.8 Å². The molecular formula is C14H20N2S2. The lowest BCUT2D eigenvalue weighted by Gasteiger charge is -2.34. The maximum Gasteiger partial charge on any atom is 0.103 e. The predicted molar refractivity (Wildman–Crippen MR) is 84.1 cm³/mol. The monoisotopic (exact) mass is 280 g/mol. The Bertz CT molecular complexity index is 406. The Hall–Kier alpha value is -0.580. The first-order valence-corrected chi connectivity index (χ1v) is 7.66. The molecule has 0 spiro atoms. The second kappa shape index (κ2) is 6.04. The summed E-state index contributed by atoms with van der Waals surface area (Å²) < 4.78 is 0. The zero-order valence-electron chi connectivity index (χ0n) is 10.9. The van der Waals surface area contributed by atoms with Crippen molar-refractivity contribution in [3.63, 3.8) is 0 Å². The SMILES string of the molecule is CC1CN(Cc2ccc(C(N)=S)cc2)CC(C)S1. The van der Waals surface area contributed by atoms with Crippen LogP contribution in [-0.4, -0.2) is 33.5 Å². The molecule has 0 amide bonds. The van der Waals surface area contributed by atoms with E-state index in [1.165, 1.54) is 18.7 Å². The molecule has 18 heavy (non-hydrogen) atoms. The number of thiocarbonyl (C=S) groups is 1. The van der Waals surface area contributed by atoms with Gasteiger partial charge in [-0.1, -0.05) is 50.3 Å². The van der Waals surface area contributed by atoms with Crippen LogP contribution < -0.4 is 5.73 Å². The first-order valence-electron chi connectivity index (χ1n) is 6.31. The quantitative estimate of drug-likeness (QED) is 0.862. The summed E-state index contributed by atoms with van der Waals surface area (Å²) in [6, 6.07) is 8.30. The topological polar surface area (TPSA) is 29.3 Å². The van der Waals surface area contributed by atoms with E-state index in [0.29, 0.717) is 4.99 Å². The summed E-state index contributed by atoms with van der Waals surface area (Å²) in [6.45, 7) is 7.98. The molecular weight excluding hydrogens is 260 g/mol. The largest absolute Gasteiger partial charge is 0.389 e. The van der Waals surface area contributed by atoms with Crippen molar-refractivity contribution >= 4 is 29.0 Å². The minimum absolute atomic E-state index is 0.471. The van der Waals surface area contributed by atoms with Crippen LogP contribution >= 0.6 is 24.0 Å². The first kappa shape index (κ1) is 13.8. The molecule has 0 bridgehead atoms. The number of hydrogen-bond donors (Lipinski definition) is 1. The van der Waals surface area contributed by atoms with Crippen molar-refractivity contribution in [2.75, 3.05) is 13.1 Å². The van der Waals surface area contributed by atoms with Crippen LogP contribution in [0.25, 0.3) is 0 Å². The van der Waals surface area contributed by atoms with Crippen molar-refractivity contribution in [3.8, 4) is 0 Å². The Labute approximate surface area is 119 Å². The summed E-state index contributed by atoms with van der Waals surface area (Å²) in [5.74, 6) is 0. The zero-order chi connectivity index (χ0) is 13.1. The maximum atomic E-state index is 5.60. The summed E-state index contributed by atoms with van der Waals surface area (Å²) in [5, 5.41) is 1.45. The highest BCUT2D eigenvalue weighted by Gasteiger charge is 2.21. The van der Waals surface area contributed by atoms with Crippen LogP contribution in [0.2, 0.25) is 0 Å². The molecule has 0 aromatic heterocycles. The van der Waals surface area contributed by atoms with Gasteiger partial charge in [0, 0.05) is 35.7 Å². The average Bonchev–Trinajstić information content (AvgIpc) is 2.28. The molecule has 1 aliphatic heterocycles. The highest BCUT2D eigenvalue weighted by Crippen LogP contribution is 2.25. The number of hydrogen-bond acceptors (Lipinski definition) is 3. The van der Waals surface area contributed by atoms with Crippen molar-refractivity contribution < 1.29 is 0 Å². The van der Waals surface area contributed by atoms with Gasteiger partial charge in [-0.15, -0.1) is 0 Å². The second-order valence-corrected chi connectivity index (χ2v) is 7.33. The highest BCUT2D eigenvalue weighted by molar-refractivity contribution is 8.00. The summed E-state index contributed by atoms with van der Waals surface area (Å²) >= 11 is 7.05. The molecule has 1 aromatic rings. The minimum Gasteiger partial charge on any atom is -0.389 e. The van der Waals surface area contributed by atoms with E-state index in [4.69, 9.17) is 18.0 Å². The lowest BCUT2D eigenvalue weighted by atomic mass is 10.1. The molecule has 4 heteroatoms. The molecule has 1 aromatic carbocycles. The molecule has 1 saturated heterocycles. The Balaban J connectivity index is 1.98. The number of rotatable bonds is 3. The van der Waals surface area contributed by atoms with Gasteiger partial charge in [0.2, 0.25) is 0 Å². The molecule has 1 aliphatic rings. The van der Waals surface area contributed by atoms with Crippen molar-refractivity contribution in [2.45, 2.75) is 30.9 Å². The number of nitrogens with two attached hydrogens (primary N) is 1. The molecule has 0 aliphatic carbocycles. The second-order valence-electron chi connectivity index (χ2n) is 5.01. The first-order chi connectivity index (χ1) is 8.54. The van der Waals surface area contributed by atoms with E-state index < -0.39 is 0 Å². The van der Waals surface area contributed by atoms with Crippen molar-refractivity contribution in [2.24, 2.45) is 5.73 Å².